The molecule has 2 rings (SSSR count). The number of hydrogen-bond donors (Lipinski definition) is 3. The van der Waals surface area contributed by atoms with Gasteiger partial charge in [0, 0.05) is 17.8 Å². The number of aliphatic hydroxyl groups excluding tert-OH is 1. The minimum Gasteiger partial charge on any atom is -0.390 e. The molecule has 1 aromatic heterocycles. The summed E-state index contributed by atoms with van der Waals surface area (Å²) in [7, 11) is 0. The van der Waals surface area contributed by atoms with Crippen molar-refractivity contribution in [3.8, 4) is 11.4 Å². The van der Waals surface area contributed by atoms with E-state index < -0.39 is 6.10 Å². The van der Waals surface area contributed by atoms with E-state index in [9.17, 15) is 5.11 Å². The zero-order valence-corrected chi connectivity index (χ0v) is 10.8. The fourth-order valence-corrected chi connectivity index (χ4v) is 1.64. The van der Waals surface area contributed by atoms with Gasteiger partial charge in [-0.15, -0.1) is 11.6 Å². The smallest absolute Gasteiger partial charge is 0.181 e. The summed E-state index contributed by atoms with van der Waals surface area (Å²) in [4.78, 5) is 4.27. The zero-order chi connectivity index (χ0) is 13.0. The molecule has 2 aromatic rings. The molecule has 0 spiro atoms. The number of rotatable bonds is 5. The van der Waals surface area contributed by atoms with Crippen LogP contribution in [-0.4, -0.2) is 38.8 Å². The van der Waals surface area contributed by atoms with Crippen LogP contribution < -0.4 is 5.32 Å². The van der Waals surface area contributed by atoms with Crippen LogP contribution in [0, 0.1) is 6.92 Å². The number of alkyl halides is 1. The summed E-state index contributed by atoms with van der Waals surface area (Å²) in [6, 6.07) is 7.70. The Morgan fingerprint density at radius 3 is 3.00 bits per heavy atom. The fourth-order valence-electron chi connectivity index (χ4n) is 1.53. The van der Waals surface area contributed by atoms with Crippen LogP contribution in [-0.2, 0) is 0 Å². The second-order valence-corrected chi connectivity index (χ2v) is 4.32. The van der Waals surface area contributed by atoms with Crippen molar-refractivity contribution in [2.24, 2.45) is 0 Å². The molecule has 0 fully saturated rings. The first-order valence-corrected chi connectivity index (χ1v) is 6.20. The van der Waals surface area contributed by atoms with Crippen molar-refractivity contribution in [3.63, 3.8) is 0 Å². The van der Waals surface area contributed by atoms with E-state index in [1.165, 1.54) is 0 Å². The second kappa shape index (κ2) is 5.84. The number of nitrogens with zero attached hydrogens (tertiary/aromatic N) is 2. The SMILES string of the molecule is Cc1nc(-c2cccc(NCC(O)CCl)c2)n[nH]1. The largest absolute Gasteiger partial charge is 0.390 e. The summed E-state index contributed by atoms with van der Waals surface area (Å²) < 4.78 is 0. The van der Waals surface area contributed by atoms with E-state index in [0.29, 0.717) is 12.4 Å². The minimum absolute atomic E-state index is 0.215. The molecule has 1 atom stereocenters. The number of benzene rings is 1. The van der Waals surface area contributed by atoms with Gasteiger partial charge in [0.1, 0.15) is 5.82 Å². The first kappa shape index (κ1) is 12.9. The molecule has 0 aliphatic heterocycles. The molecule has 18 heavy (non-hydrogen) atoms. The highest BCUT2D eigenvalue weighted by Gasteiger charge is 2.05. The third-order valence-electron chi connectivity index (χ3n) is 2.44. The quantitative estimate of drug-likeness (QED) is 0.722. The number of hydrogen-bond acceptors (Lipinski definition) is 4. The van der Waals surface area contributed by atoms with E-state index in [2.05, 4.69) is 20.5 Å². The number of nitrogens with one attached hydrogen (secondary N) is 2. The maximum Gasteiger partial charge on any atom is 0.181 e. The summed E-state index contributed by atoms with van der Waals surface area (Å²) in [6.07, 6.45) is -0.555. The summed E-state index contributed by atoms with van der Waals surface area (Å²) in [5.41, 5.74) is 1.82. The minimum atomic E-state index is -0.555. The summed E-state index contributed by atoms with van der Waals surface area (Å²) in [5.74, 6) is 1.65. The van der Waals surface area contributed by atoms with E-state index in [4.69, 9.17) is 11.6 Å². The first-order chi connectivity index (χ1) is 8.69. The molecule has 5 nitrogen and oxygen atoms in total. The van der Waals surface area contributed by atoms with Crippen LogP contribution in [0.25, 0.3) is 11.4 Å². The van der Waals surface area contributed by atoms with E-state index in [0.717, 1.165) is 17.1 Å². The van der Waals surface area contributed by atoms with Crippen molar-refractivity contribution in [1.29, 1.82) is 0 Å². The molecule has 96 valence electrons. The number of anilines is 1. The second-order valence-electron chi connectivity index (χ2n) is 4.01. The lowest BCUT2D eigenvalue weighted by Gasteiger charge is -2.10. The highest BCUT2D eigenvalue weighted by molar-refractivity contribution is 6.18. The summed E-state index contributed by atoms with van der Waals surface area (Å²) in [6.45, 7) is 2.27. The topological polar surface area (TPSA) is 73.8 Å². The van der Waals surface area contributed by atoms with Crippen LogP contribution in [0.2, 0.25) is 0 Å². The highest BCUT2D eigenvalue weighted by atomic mass is 35.5. The Kier molecular flexibility index (Phi) is 4.17. The Labute approximate surface area is 110 Å². The van der Waals surface area contributed by atoms with Crippen molar-refractivity contribution in [2.45, 2.75) is 13.0 Å². The van der Waals surface area contributed by atoms with Crippen LogP contribution in [0.3, 0.4) is 0 Å². The normalized spacial score (nSPS) is 12.4. The Morgan fingerprint density at radius 2 is 2.33 bits per heavy atom. The third kappa shape index (κ3) is 3.21. The van der Waals surface area contributed by atoms with Crippen LogP contribution >= 0.6 is 11.6 Å². The standard InChI is InChI=1S/C12H15ClN4O/c1-8-15-12(17-16-8)9-3-2-4-10(5-9)14-7-11(18)6-13/h2-5,11,14,18H,6-7H2,1H3,(H,15,16,17). The van der Waals surface area contributed by atoms with Gasteiger partial charge in [-0.1, -0.05) is 12.1 Å². The molecule has 1 aromatic carbocycles. The number of aryl methyl sites for hydroxylation is 1. The van der Waals surface area contributed by atoms with Crippen LogP contribution in [0.5, 0.6) is 0 Å². The van der Waals surface area contributed by atoms with Gasteiger partial charge < -0.3 is 10.4 Å². The molecule has 0 bridgehead atoms. The molecule has 1 unspecified atom stereocenters. The zero-order valence-electron chi connectivity index (χ0n) is 10.0. The average molecular weight is 267 g/mol. The predicted octanol–water partition coefficient (Wildman–Crippen LogP) is 1.79. The van der Waals surface area contributed by atoms with Gasteiger partial charge in [0.05, 0.1) is 12.0 Å². The Balaban J connectivity index is 2.10. The first-order valence-electron chi connectivity index (χ1n) is 5.66. The van der Waals surface area contributed by atoms with Crippen molar-refractivity contribution in [1.82, 2.24) is 15.2 Å². The molecule has 0 radical (unpaired) electrons. The van der Waals surface area contributed by atoms with Crippen LogP contribution in [0.15, 0.2) is 24.3 Å². The number of aromatic amines is 1. The lowest BCUT2D eigenvalue weighted by atomic mass is 10.2. The number of aromatic nitrogens is 3. The molecule has 0 saturated carbocycles. The maximum absolute atomic E-state index is 9.38. The Bertz CT molecular complexity index is 514. The lowest BCUT2D eigenvalue weighted by molar-refractivity contribution is 0.211. The van der Waals surface area contributed by atoms with Crippen LogP contribution in [0.1, 0.15) is 5.82 Å². The third-order valence-corrected chi connectivity index (χ3v) is 2.79. The molecule has 0 aliphatic carbocycles. The molecule has 1 heterocycles. The molecule has 3 N–H and O–H groups in total. The molecule has 0 saturated heterocycles. The van der Waals surface area contributed by atoms with Gasteiger partial charge in [-0.3, -0.25) is 5.10 Å². The van der Waals surface area contributed by atoms with Gasteiger partial charge in [0.2, 0.25) is 0 Å². The molecular weight excluding hydrogens is 252 g/mol. The molecular formula is C12H15ClN4O. The Hall–Kier alpha value is -1.59. The number of aliphatic hydroxyl groups is 1. The van der Waals surface area contributed by atoms with E-state index in [1.807, 2.05) is 31.2 Å². The van der Waals surface area contributed by atoms with Crippen molar-refractivity contribution >= 4 is 17.3 Å². The van der Waals surface area contributed by atoms with E-state index in [-0.39, 0.29) is 5.88 Å². The fraction of sp³-hybridized carbons (Fsp3) is 0.333. The summed E-state index contributed by atoms with van der Waals surface area (Å²) in [5, 5.41) is 19.4. The van der Waals surface area contributed by atoms with E-state index in [1.54, 1.807) is 0 Å². The highest BCUT2D eigenvalue weighted by Crippen LogP contribution is 2.19. The predicted molar refractivity (Wildman–Crippen MR) is 71.8 cm³/mol. The van der Waals surface area contributed by atoms with Gasteiger partial charge >= 0.3 is 0 Å². The van der Waals surface area contributed by atoms with Gasteiger partial charge in [-0.25, -0.2) is 4.98 Å². The average Bonchev–Trinajstić information content (AvgIpc) is 2.83. The van der Waals surface area contributed by atoms with E-state index >= 15 is 0 Å². The number of H-pyrrole nitrogens is 1. The molecule has 6 heteroatoms. The molecule has 0 aliphatic rings. The Morgan fingerprint density at radius 1 is 1.50 bits per heavy atom. The van der Waals surface area contributed by atoms with Gasteiger partial charge in [0.15, 0.2) is 5.82 Å². The van der Waals surface area contributed by atoms with Gasteiger partial charge in [-0.05, 0) is 19.1 Å². The maximum atomic E-state index is 9.38. The van der Waals surface area contributed by atoms with Crippen molar-refractivity contribution in [2.75, 3.05) is 17.7 Å². The van der Waals surface area contributed by atoms with Crippen molar-refractivity contribution < 1.29 is 5.11 Å². The van der Waals surface area contributed by atoms with Crippen molar-refractivity contribution in [3.05, 3.63) is 30.1 Å². The molecule has 0 amide bonds. The lowest BCUT2D eigenvalue weighted by Crippen LogP contribution is -2.20. The number of halogens is 1. The monoisotopic (exact) mass is 266 g/mol. The van der Waals surface area contributed by atoms with Gasteiger partial charge in [0.25, 0.3) is 0 Å². The van der Waals surface area contributed by atoms with Crippen LogP contribution in [0.4, 0.5) is 5.69 Å². The summed E-state index contributed by atoms with van der Waals surface area (Å²) >= 11 is 5.53. The van der Waals surface area contributed by atoms with Gasteiger partial charge in [-0.2, -0.15) is 5.10 Å².